The second-order valence-electron chi connectivity index (χ2n) is 3.18. The Kier molecular flexibility index (Phi) is 3.40. The highest BCUT2D eigenvalue weighted by molar-refractivity contribution is 7.18. The van der Waals surface area contributed by atoms with Crippen LogP contribution in [0.2, 0.25) is 4.34 Å². The molecule has 0 bridgehead atoms. The fraction of sp³-hybridized carbons (Fsp3) is 0. The van der Waals surface area contributed by atoms with Gasteiger partial charge in [-0.15, -0.1) is 11.3 Å². The Morgan fingerprint density at radius 3 is 2.65 bits per heavy atom. The summed E-state index contributed by atoms with van der Waals surface area (Å²) >= 11 is 6.73. The molecule has 1 amide bonds. The van der Waals surface area contributed by atoms with Crippen LogP contribution in [0.3, 0.4) is 0 Å². The Morgan fingerprint density at radius 1 is 1.24 bits per heavy atom. The van der Waals surface area contributed by atoms with Crippen LogP contribution in [0.15, 0.2) is 30.3 Å². The van der Waals surface area contributed by atoms with Crippen molar-refractivity contribution in [2.45, 2.75) is 0 Å². The average molecular weight is 274 g/mol. The fourth-order valence-corrected chi connectivity index (χ4v) is 2.15. The number of hydrogen-bond acceptors (Lipinski definition) is 2. The van der Waals surface area contributed by atoms with Crippen molar-refractivity contribution in [2.24, 2.45) is 0 Å². The fourth-order valence-electron chi connectivity index (χ4n) is 1.21. The van der Waals surface area contributed by atoms with Crippen molar-refractivity contribution in [3.63, 3.8) is 0 Å². The van der Waals surface area contributed by atoms with E-state index in [9.17, 15) is 13.6 Å². The molecule has 17 heavy (non-hydrogen) atoms. The number of carbonyl (C=O) groups is 1. The van der Waals surface area contributed by atoms with E-state index < -0.39 is 17.5 Å². The van der Waals surface area contributed by atoms with Gasteiger partial charge in [0.1, 0.15) is 11.6 Å². The molecule has 0 saturated heterocycles. The predicted octanol–water partition coefficient (Wildman–Crippen LogP) is 3.93. The molecule has 0 radical (unpaired) electrons. The van der Waals surface area contributed by atoms with E-state index in [-0.39, 0.29) is 5.69 Å². The summed E-state index contributed by atoms with van der Waals surface area (Å²) in [7, 11) is 0. The molecule has 1 aromatic carbocycles. The van der Waals surface area contributed by atoms with E-state index in [2.05, 4.69) is 5.32 Å². The Labute approximate surface area is 105 Å². The van der Waals surface area contributed by atoms with Gasteiger partial charge in [-0.1, -0.05) is 11.6 Å². The van der Waals surface area contributed by atoms with Gasteiger partial charge < -0.3 is 5.32 Å². The van der Waals surface area contributed by atoms with Crippen molar-refractivity contribution in [3.8, 4) is 0 Å². The van der Waals surface area contributed by atoms with Crippen LogP contribution in [0.25, 0.3) is 0 Å². The van der Waals surface area contributed by atoms with Crippen LogP contribution < -0.4 is 5.32 Å². The molecule has 2 rings (SSSR count). The molecule has 0 aliphatic rings. The lowest BCUT2D eigenvalue weighted by Gasteiger charge is -2.04. The molecular formula is C11H6ClF2NOS. The largest absolute Gasteiger partial charge is 0.319 e. The molecule has 2 nitrogen and oxygen atoms in total. The minimum atomic E-state index is -0.692. The monoisotopic (exact) mass is 273 g/mol. The highest BCUT2D eigenvalue weighted by atomic mass is 35.5. The molecule has 2 aromatic rings. The number of rotatable bonds is 2. The zero-order chi connectivity index (χ0) is 12.4. The van der Waals surface area contributed by atoms with Gasteiger partial charge in [-0.05, 0) is 24.3 Å². The van der Waals surface area contributed by atoms with Crippen molar-refractivity contribution < 1.29 is 13.6 Å². The van der Waals surface area contributed by atoms with E-state index in [1.54, 1.807) is 6.07 Å². The third-order valence-corrected chi connectivity index (χ3v) is 3.20. The molecule has 0 unspecified atom stereocenters. The van der Waals surface area contributed by atoms with Crippen molar-refractivity contribution in [2.75, 3.05) is 5.32 Å². The maximum Gasteiger partial charge on any atom is 0.265 e. The minimum Gasteiger partial charge on any atom is -0.319 e. The standard InChI is InChI=1S/C11H6ClF2NOS/c12-10-4-3-9(17-10)11(16)15-8-5-6(13)1-2-7(8)14/h1-5H,(H,15,16). The van der Waals surface area contributed by atoms with E-state index in [0.717, 1.165) is 29.5 Å². The summed E-state index contributed by atoms with van der Waals surface area (Å²) in [4.78, 5) is 12.0. The first-order valence-corrected chi connectivity index (χ1v) is 5.77. The minimum absolute atomic E-state index is 0.195. The van der Waals surface area contributed by atoms with Crippen LogP contribution in [0.5, 0.6) is 0 Å². The van der Waals surface area contributed by atoms with Gasteiger partial charge in [0, 0.05) is 6.07 Å². The molecule has 0 saturated carbocycles. The molecule has 0 aliphatic carbocycles. The van der Waals surface area contributed by atoms with Crippen LogP contribution in [0.4, 0.5) is 14.5 Å². The number of thiophene rings is 1. The average Bonchev–Trinajstić information content (AvgIpc) is 2.70. The third kappa shape index (κ3) is 2.81. The van der Waals surface area contributed by atoms with Gasteiger partial charge in [0.2, 0.25) is 0 Å². The van der Waals surface area contributed by atoms with Crippen molar-refractivity contribution in [3.05, 3.63) is 51.2 Å². The van der Waals surface area contributed by atoms with E-state index >= 15 is 0 Å². The molecule has 0 spiro atoms. The zero-order valence-electron chi connectivity index (χ0n) is 8.34. The number of anilines is 1. The molecule has 6 heteroatoms. The van der Waals surface area contributed by atoms with Gasteiger partial charge in [0.15, 0.2) is 0 Å². The molecule has 0 aliphatic heterocycles. The lowest BCUT2D eigenvalue weighted by atomic mass is 10.3. The number of amides is 1. The van der Waals surface area contributed by atoms with Gasteiger partial charge in [-0.2, -0.15) is 0 Å². The second kappa shape index (κ2) is 4.81. The van der Waals surface area contributed by atoms with Gasteiger partial charge >= 0.3 is 0 Å². The molecular weight excluding hydrogens is 268 g/mol. The van der Waals surface area contributed by atoms with Crippen molar-refractivity contribution in [1.29, 1.82) is 0 Å². The first-order valence-electron chi connectivity index (χ1n) is 4.58. The Morgan fingerprint density at radius 2 is 2.00 bits per heavy atom. The Bertz CT molecular complexity index is 570. The Balaban J connectivity index is 2.21. The second-order valence-corrected chi connectivity index (χ2v) is 4.90. The van der Waals surface area contributed by atoms with E-state index in [1.165, 1.54) is 6.07 Å². The topological polar surface area (TPSA) is 29.1 Å². The van der Waals surface area contributed by atoms with Gasteiger partial charge in [-0.3, -0.25) is 4.79 Å². The summed E-state index contributed by atoms with van der Waals surface area (Å²) in [6.07, 6.45) is 0. The van der Waals surface area contributed by atoms with Gasteiger partial charge in [-0.25, -0.2) is 8.78 Å². The maximum atomic E-state index is 13.2. The van der Waals surface area contributed by atoms with Crippen LogP contribution in [0, 0.1) is 11.6 Å². The van der Waals surface area contributed by atoms with Gasteiger partial charge in [0.25, 0.3) is 5.91 Å². The molecule has 88 valence electrons. The molecule has 1 N–H and O–H groups in total. The summed E-state index contributed by atoms with van der Waals surface area (Å²) in [5, 5.41) is 2.28. The number of halogens is 3. The van der Waals surface area contributed by atoms with Gasteiger partial charge in [0.05, 0.1) is 14.9 Å². The van der Waals surface area contributed by atoms with Crippen molar-refractivity contribution >= 4 is 34.5 Å². The number of benzene rings is 1. The first kappa shape index (κ1) is 12.0. The Hall–Kier alpha value is -1.46. The first-order chi connectivity index (χ1) is 8.06. The summed E-state index contributed by atoms with van der Waals surface area (Å²) in [6.45, 7) is 0. The molecule has 1 heterocycles. The van der Waals surface area contributed by atoms with Crippen LogP contribution in [-0.4, -0.2) is 5.91 Å². The van der Waals surface area contributed by atoms with Crippen LogP contribution in [-0.2, 0) is 0 Å². The smallest absolute Gasteiger partial charge is 0.265 e. The third-order valence-electron chi connectivity index (χ3n) is 1.97. The highest BCUT2D eigenvalue weighted by Gasteiger charge is 2.12. The quantitative estimate of drug-likeness (QED) is 0.882. The van der Waals surface area contributed by atoms with Crippen molar-refractivity contribution in [1.82, 2.24) is 0 Å². The number of nitrogens with one attached hydrogen (secondary N) is 1. The molecule has 0 atom stereocenters. The molecule has 1 aromatic heterocycles. The highest BCUT2D eigenvalue weighted by Crippen LogP contribution is 2.23. The van der Waals surface area contributed by atoms with E-state index in [0.29, 0.717) is 9.21 Å². The number of carbonyl (C=O) groups excluding carboxylic acids is 1. The summed E-state index contributed by atoms with van der Waals surface area (Å²) < 4.78 is 26.6. The maximum absolute atomic E-state index is 13.2. The summed E-state index contributed by atoms with van der Waals surface area (Å²) in [5.41, 5.74) is -0.195. The van der Waals surface area contributed by atoms with Crippen LogP contribution in [0.1, 0.15) is 9.67 Å². The number of hydrogen-bond donors (Lipinski definition) is 1. The molecule has 0 fully saturated rings. The SMILES string of the molecule is O=C(Nc1cc(F)ccc1F)c1ccc(Cl)s1. The zero-order valence-corrected chi connectivity index (χ0v) is 9.91. The van der Waals surface area contributed by atoms with Crippen LogP contribution >= 0.6 is 22.9 Å². The lowest BCUT2D eigenvalue weighted by molar-refractivity contribution is 0.103. The van der Waals surface area contributed by atoms with E-state index in [4.69, 9.17) is 11.6 Å². The summed E-state index contributed by atoms with van der Waals surface area (Å²) in [5.74, 6) is -1.83. The summed E-state index contributed by atoms with van der Waals surface area (Å²) in [6, 6.07) is 5.92. The lowest BCUT2D eigenvalue weighted by Crippen LogP contribution is -2.11. The predicted molar refractivity (Wildman–Crippen MR) is 63.6 cm³/mol. The van der Waals surface area contributed by atoms with E-state index in [1.807, 2.05) is 0 Å². The normalized spacial score (nSPS) is 10.3.